The van der Waals surface area contributed by atoms with E-state index in [1.54, 1.807) is 0 Å². The molecule has 0 saturated carbocycles. The first kappa shape index (κ1) is 9.09. The Kier molecular flexibility index (Phi) is 2.73. The number of hydrogen-bond acceptors (Lipinski definition) is 4. The number of nitrogens with zero attached hydrogens (tertiary/aromatic N) is 2. The molecule has 0 aromatic carbocycles. The molecule has 0 saturated heterocycles. The van der Waals surface area contributed by atoms with E-state index in [0.29, 0.717) is 0 Å². The summed E-state index contributed by atoms with van der Waals surface area (Å²) in [7, 11) is 0. The lowest BCUT2D eigenvalue weighted by Crippen LogP contribution is -2.01. The summed E-state index contributed by atoms with van der Waals surface area (Å²) in [4.78, 5) is 20.9. The van der Waals surface area contributed by atoms with E-state index < -0.39 is 10.5 Å². The minimum absolute atomic E-state index is 0.0154. The van der Waals surface area contributed by atoms with Crippen molar-refractivity contribution in [3.05, 3.63) is 23.5 Å². The first-order valence-corrected chi connectivity index (χ1v) is 3.60. The van der Waals surface area contributed by atoms with Gasteiger partial charge in [0.1, 0.15) is 11.4 Å². The van der Waals surface area contributed by atoms with Gasteiger partial charge in [-0.3, -0.25) is 9.59 Å². The summed E-state index contributed by atoms with van der Waals surface area (Å²) in [5, 5.41) is 5.27. The van der Waals surface area contributed by atoms with Gasteiger partial charge in [-0.1, -0.05) is 0 Å². The summed E-state index contributed by atoms with van der Waals surface area (Å²) in [5.74, 6) is 0. The first-order chi connectivity index (χ1) is 5.61. The highest BCUT2D eigenvalue weighted by molar-refractivity contribution is 6.68. The molecule has 0 N–H and O–H groups in total. The number of halogens is 2. The van der Waals surface area contributed by atoms with E-state index >= 15 is 0 Å². The molecule has 1 aromatic rings. The van der Waals surface area contributed by atoms with Crippen molar-refractivity contribution in [1.29, 1.82) is 0 Å². The molecule has 62 valence electrons. The van der Waals surface area contributed by atoms with Crippen molar-refractivity contribution in [2.75, 3.05) is 0 Å². The minimum Gasteiger partial charge on any atom is -0.274 e. The van der Waals surface area contributed by atoms with E-state index in [0.717, 1.165) is 0 Å². The Hall–Kier alpha value is -1.00. The minimum atomic E-state index is -0.726. The number of carbonyl (C=O) groups excluding carboxylic acids is 2. The summed E-state index contributed by atoms with van der Waals surface area (Å²) in [6.45, 7) is 0. The highest BCUT2D eigenvalue weighted by atomic mass is 35.5. The van der Waals surface area contributed by atoms with Gasteiger partial charge < -0.3 is 0 Å². The van der Waals surface area contributed by atoms with Crippen LogP contribution in [-0.4, -0.2) is 20.7 Å². The molecule has 12 heavy (non-hydrogen) atoms. The molecule has 0 aliphatic heterocycles. The summed E-state index contributed by atoms with van der Waals surface area (Å²) in [6.07, 6.45) is 0. The lowest BCUT2D eigenvalue weighted by atomic mass is 10.3. The van der Waals surface area contributed by atoms with Gasteiger partial charge in [-0.25, -0.2) is 0 Å². The Labute approximate surface area is 77.5 Å². The van der Waals surface area contributed by atoms with Crippen molar-refractivity contribution in [3.63, 3.8) is 0 Å². The predicted octanol–water partition coefficient (Wildman–Crippen LogP) is 1.23. The quantitative estimate of drug-likeness (QED) is 0.681. The van der Waals surface area contributed by atoms with Crippen molar-refractivity contribution < 1.29 is 9.59 Å². The maximum atomic E-state index is 10.5. The SMILES string of the molecule is O=C(Cl)c1ccc(C(=O)Cl)nn1. The van der Waals surface area contributed by atoms with Crippen molar-refractivity contribution in [1.82, 2.24) is 10.2 Å². The summed E-state index contributed by atoms with van der Waals surface area (Å²) in [5.41, 5.74) is -0.0309. The zero-order chi connectivity index (χ0) is 9.14. The van der Waals surface area contributed by atoms with E-state index in [9.17, 15) is 9.59 Å². The highest BCUT2D eigenvalue weighted by Crippen LogP contribution is 2.02. The molecule has 0 amide bonds. The molecule has 0 atom stereocenters. The molecular formula is C6H2Cl2N2O2. The fourth-order valence-electron chi connectivity index (χ4n) is 0.542. The molecule has 0 spiro atoms. The van der Waals surface area contributed by atoms with E-state index in [1.807, 2.05) is 0 Å². The molecule has 1 rings (SSSR count). The zero-order valence-corrected chi connectivity index (χ0v) is 7.13. The highest BCUT2D eigenvalue weighted by Gasteiger charge is 2.07. The van der Waals surface area contributed by atoms with E-state index in [2.05, 4.69) is 10.2 Å². The molecule has 0 aliphatic rings. The van der Waals surface area contributed by atoms with Crippen LogP contribution in [0.4, 0.5) is 0 Å². The monoisotopic (exact) mass is 204 g/mol. The molecule has 0 fully saturated rings. The average Bonchev–Trinajstić information content (AvgIpc) is 2.04. The van der Waals surface area contributed by atoms with E-state index in [-0.39, 0.29) is 11.4 Å². The van der Waals surface area contributed by atoms with E-state index in [1.165, 1.54) is 12.1 Å². The molecule has 6 heteroatoms. The zero-order valence-electron chi connectivity index (χ0n) is 5.62. The Morgan fingerprint density at radius 3 is 1.50 bits per heavy atom. The molecule has 0 aliphatic carbocycles. The van der Waals surface area contributed by atoms with Gasteiger partial charge in [0.25, 0.3) is 10.5 Å². The summed E-state index contributed by atoms with van der Waals surface area (Å²) >= 11 is 10.2. The van der Waals surface area contributed by atoms with Gasteiger partial charge in [0, 0.05) is 0 Å². The second-order valence-corrected chi connectivity index (χ2v) is 2.54. The molecule has 1 aromatic heterocycles. The number of aromatic nitrogens is 2. The van der Waals surface area contributed by atoms with Gasteiger partial charge in [-0.2, -0.15) is 0 Å². The van der Waals surface area contributed by atoms with Gasteiger partial charge in [-0.05, 0) is 35.3 Å². The molecule has 1 heterocycles. The molecule has 0 radical (unpaired) electrons. The third kappa shape index (κ3) is 1.99. The van der Waals surface area contributed by atoms with Gasteiger partial charge in [0.05, 0.1) is 0 Å². The largest absolute Gasteiger partial charge is 0.274 e. The van der Waals surface area contributed by atoms with Crippen LogP contribution in [0.15, 0.2) is 12.1 Å². The lowest BCUT2D eigenvalue weighted by Gasteiger charge is -1.91. The normalized spacial score (nSPS) is 9.50. The Morgan fingerprint density at radius 1 is 1.00 bits per heavy atom. The topological polar surface area (TPSA) is 59.9 Å². The Balaban J connectivity index is 3.01. The molecule has 0 bridgehead atoms. The lowest BCUT2D eigenvalue weighted by molar-refractivity contribution is 0.106. The van der Waals surface area contributed by atoms with Crippen molar-refractivity contribution in [2.45, 2.75) is 0 Å². The summed E-state index contributed by atoms with van der Waals surface area (Å²) in [6, 6.07) is 2.55. The van der Waals surface area contributed by atoms with Crippen LogP contribution >= 0.6 is 23.2 Å². The van der Waals surface area contributed by atoms with Crippen LogP contribution in [0.3, 0.4) is 0 Å². The third-order valence-electron chi connectivity index (χ3n) is 1.07. The predicted molar refractivity (Wildman–Crippen MR) is 42.4 cm³/mol. The van der Waals surface area contributed by atoms with Crippen LogP contribution in [0.5, 0.6) is 0 Å². The maximum Gasteiger partial charge on any atom is 0.272 e. The number of rotatable bonds is 2. The second-order valence-electron chi connectivity index (χ2n) is 1.85. The molecule has 4 nitrogen and oxygen atoms in total. The fraction of sp³-hybridized carbons (Fsp3) is 0. The van der Waals surface area contributed by atoms with Crippen LogP contribution in [0.2, 0.25) is 0 Å². The van der Waals surface area contributed by atoms with Gasteiger partial charge in [0.15, 0.2) is 0 Å². The number of carbonyl (C=O) groups is 2. The maximum absolute atomic E-state index is 10.5. The van der Waals surface area contributed by atoms with Gasteiger partial charge in [0.2, 0.25) is 0 Å². The van der Waals surface area contributed by atoms with Crippen LogP contribution in [0.25, 0.3) is 0 Å². The standard InChI is InChI=1S/C6H2Cl2N2O2/c7-5(11)3-1-2-4(6(8)12)10-9-3/h1-2H. The van der Waals surface area contributed by atoms with Crippen LogP contribution < -0.4 is 0 Å². The van der Waals surface area contributed by atoms with Crippen molar-refractivity contribution in [2.24, 2.45) is 0 Å². The van der Waals surface area contributed by atoms with Crippen LogP contribution in [0, 0.1) is 0 Å². The second kappa shape index (κ2) is 3.60. The Bertz CT molecular complexity index is 290. The third-order valence-corrected chi connectivity index (χ3v) is 1.45. The molecule has 0 unspecified atom stereocenters. The summed E-state index contributed by atoms with van der Waals surface area (Å²) < 4.78 is 0. The molecular weight excluding hydrogens is 203 g/mol. The number of hydrogen-bond donors (Lipinski definition) is 0. The average molecular weight is 205 g/mol. The van der Waals surface area contributed by atoms with Gasteiger partial charge >= 0.3 is 0 Å². The van der Waals surface area contributed by atoms with Crippen molar-refractivity contribution >= 4 is 33.7 Å². The van der Waals surface area contributed by atoms with Crippen molar-refractivity contribution in [3.8, 4) is 0 Å². The fourth-order valence-corrected chi connectivity index (χ4v) is 0.744. The van der Waals surface area contributed by atoms with Crippen LogP contribution in [0.1, 0.15) is 21.0 Å². The Morgan fingerprint density at radius 2 is 1.33 bits per heavy atom. The first-order valence-electron chi connectivity index (χ1n) is 2.84. The smallest absolute Gasteiger partial charge is 0.272 e. The van der Waals surface area contributed by atoms with E-state index in [4.69, 9.17) is 23.2 Å². The van der Waals surface area contributed by atoms with Crippen LogP contribution in [-0.2, 0) is 0 Å². The van der Waals surface area contributed by atoms with Gasteiger partial charge in [-0.15, -0.1) is 10.2 Å².